The minimum atomic E-state index is -0.259. The fourth-order valence-corrected chi connectivity index (χ4v) is 3.59. The maximum atomic E-state index is 12.3. The molecule has 30 heavy (non-hydrogen) atoms. The van der Waals surface area contributed by atoms with E-state index >= 15 is 0 Å². The van der Waals surface area contributed by atoms with Crippen LogP contribution in [0.1, 0.15) is 48.2 Å². The van der Waals surface area contributed by atoms with E-state index in [1.807, 2.05) is 17.0 Å². The Morgan fingerprint density at radius 2 is 1.90 bits per heavy atom. The minimum Gasteiger partial charge on any atom is -0.355 e. The number of pyridine rings is 1. The molecule has 0 aromatic carbocycles. The molecule has 2 aliphatic rings. The fourth-order valence-electron chi connectivity index (χ4n) is 3.59. The molecule has 0 spiro atoms. The van der Waals surface area contributed by atoms with E-state index in [0.29, 0.717) is 36.3 Å². The van der Waals surface area contributed by atoms with Crippen molar-refractivity contribution in [2.24, 2.45) is 0 Å². The first kappa shape index (κ1) is 20.1. The maximum absolute atomic E-state index is 12.3. The average molecular weight is 409 g/mol. The van der Waals surface area contributed by atoms with Crippen LogP contribution in [0.25, 0.3) is 0 Å². The molecule has 2 amide bonds. The van der Waals surface area contributed by atoms with E-state index < -0.39 is 0 Å². The summed E-state index contributed by atoms with van der Waals surface area (Å²) in [6, 6.07) is 3.99. The zero-order chi connectivity index (χ0) is 21.1. The van der Waals surface area contributed by atoms with Crippen LogP contribution in [0.4, 0.5) is 17.5 Å². The van der Waals surface area contributed by atoms with Crippen LogP contribution in [-0.2, 0) is 4.79 Å². The predicted molar refractivity (Wildman–Crippen MR) is 114 cm³/mol. The summed E-state index contributed by atoms with van der Waals surface area (Å²) >= 11 is 0. The molecule has 9 heteroatoms. The van der Waals surface area contributed by atoms with Gasteiger partial charge in [-0.2, -0.15) is 4.98 Å². The second-order valence-electron chi connectivity index (χ2n) is 7.73. The number of amides is 2. The Morgan fingerprint density at radius 1 is 1.07 bits per heavy atom. The van der Waals surface area contributed by atoms with Crippen molar-refractivity contribution in [1.29, 1.82) is 0 Å². The third-order valence-electron chi connectivity index (χ3n) is 5.52. The Hall–Kier alpha value is -3.23. The van der Waals surface area contributed by atoms with Crippen molar-refractivity contribution in [3.8, 4) is 0 Å². The monoisotopic (exact) mass is 409 g/mol. The van der Waals surface area contributed by atoms with Gasteiger partial charge in [-0.25, -0.2) is 4.98 Å². The summed E-state index contributed by atoms with van der Waals surface area (Å²) < 4.78 is 0. The molecular weight excluding hydrogens is 382 g/mol. The van der Waals surface area contributed by atoms with Crippen LogP contribution in [0.15, 0.2) is 24.5 Å². The topological polar surface area (TPSA) is 103 Å². The van der Waals surface area contributed by atoms with Crippen LogP contribution in [0.3, 0.4) is 0 Å². The molecule has 0 atom stereocenters. The van der Waals surface area contributed by atoms with Crippen LogP contribution < -0.4 is 15.5 Å². The Morgan fingerprint density at radius 3 is 2.57 bits per heavy atom. The van der Waals surface area contributed by atoms with Gasteiger partial charge in [0.05, 0.1) is 11.9 Å². The average Bonchev–Trinajstić information content (AvgIpc) is 3.60. The number of aromatic nitrogens is 3. The number of nitrogens with one attached hydrogen (secondary N) is 2. The summed E-state index contributed by atoms with van der Waals surface area (Å²) in [5, 5.41) is 5.87. The number of hydrogen-bond acceptors (Lipinski definition) is 7. The molecule has 3 heterocycles. The molecule has 1 saturated carbocycles. The molecule has 1 aliphatic heterocycles. The Balaban J connectivity index is 1.57. The van der Waals surface area contributed by atoms with Crippen molar-refractivity contribution in [2.75, 3.05) is 43.4 Å². The lowest BCUT2D eigenvalue weighted by Gasteiger charge is -2.22. The first-order chi connectivity index (χ1) is 14.5. The normalized spacial score (nSPS) is 16.7. The number of anilines is 3. The third kappa shape index (κ3) is 4.50. The van der Waals surface area contributed by atoms with Crippen molar-refractivity contribution in [1.82, 2.24) is 25.2 Å². The smallest absolute Gasteiger partial charge is 0.256 e. The first-order valence-corrected chi connectivity index (χ1v) is 10.4. The van der Waals surface area contributed by atoms with Gasteiger partial charge in [-0.15, -0.1) is 0 Å². The molecule has 9 nitrogen and oxygen atoms in total. The summed E-state index contributed by atoms with van der Waals surface area (Å²) in [5.74, 6) is 1.39. The van der Waals surface area contributed by atoms with E-state index in [0.717, 1.165) is 30.9 Å². The SMILES string of the molecule is CNC(=O)c1cnc(N2CCCN(C(C)=O)CC2)nc1Nc1ccc(C2CC2)nc1. The molecule has 0 unspecified atom stereocenters. The van der Waals surface area contributed by atoms with E-state index in [-0.39, 0.29) is 11.8 Å². The molecule has 0 radical (unpaired) electrons. The highest BCUT2D eigenvalue weighted by atomic mass is 16.2. The summed E-state index contributed by atoms with van der Waals surface area (Å²) in [4.78, 5) is 41.5. The molecule has 1 aliphatic carbocycles. The largest absolute Gasteiger partial charge is 0.355 e. The summed E-state index contributed by atoms with van der Waals surface area (Å²) in [6.07, 6.45) is 6.57. The number of nitrogens with zero attached hydrogens (tertiary/aromatic N) is 5. The molecule has 2 aromatic heterocycles. The van der Waals surface area contributed by atoms with Gasteiger partial charge in [-0.1, -0.05) is 0 Å². The van der Waals surface area contributed by atoms with Gasteiger partial charge in [0.15, 0.2) is 0 Å². The standard InChI is InChI=1S/C21H27N7O2/c1-14(29)27-8-3-9-28(11-10-27)21-24-13-17(20(30)22-2)19(26-21)25-16-6-7-18(23-12-16)15-4-5-15/h6-7,12-13,15H,3-5,8-11H2,1-2H3,(H,22,30)(H,24,25,26). The molecule has 2 fully saturated rings. The lowest BCUT2D eigenvalue weighted by molar-refractivity contribution is -0.128. The third-order valence-corrected chi connectivity index (χ3v) is 5.52. The van der Waals surface area contributed by atoms with Gasteiger partial charge in [0.1, 0.15) is 11.4 Å². The molecule has 2 aromatic rings. The number of carbonyl (C=O) groups excluding carboxylic acids is 2. The highest BCUT2D eigenvalue weighted by Crippen LogP contribution is 2.39. The van der Waals surface area contributed by atoms with E-state index in [1.165, 1.54) is 12.8 Å². The zero-order valence-electron chi connectivity index (χ0n) is 17.4. The number of rotatable bonds is 5. The molecule has 1 saturated heterocycles. The van der Waals surface area contributed by atoms with Gasteiger partial charge >= 0.3 is 0 Å². The predicted octanol–water partition coefficient (Wildman–Crippen LogP) is 1.91. The summed E-state index contributed by atoms with van der Waals surface area (Å²) in [6.45, 7) is 4.35. The Kier molecular flexibility index (Phi) is 5.78. The van der Waals surface area contributed by atoms with Crippen LogP contribution >= 0.6 is 0 Å². The van der Waals surface area contributed by atoms with Crippen molar-refractivity contribution in [3.05, 3.63) is 35.8 Å². The minimum absolute atomic E-state index is 0.0808. The first-order valence-electron chi connectivity index (χ1n) is 10.4. The molecular formula is C21H27N7O2. The fraction of sp³-hybridized carbons (Fsp3) is 0.476. The van der Waals surface area contributed by atoms with Crippen molar-refractivity contribution < 1.29 is 9.59 Å². The summed E-state index contributed by atoms with van der Waals surface area (Å²) in [5.41, 5.74) is 2.25. The van der Waals surface area contributed by atoms with E-state index in [4.69, 9.17) is 0 Å². The summed E-state index contributed by atoms with van der Waals surface area (Å²) in [7, 11) is 1.58. The van der Waals surface area contributed by atoms with E-state index in [1.54, 1.807) is 26.4 Å². The second-order valence-corrected chi connectivity index (χ2v) is 7.73. The van der Waals surface area contributed by atoms with Gasteiger partial charge in [0.2, 0.25) is 11.9 Å². The second kappa shape index (κ2) is 8.64. The zero-order valence-corrected chi connectivity index (χ0v) is 17.4. The Labute approximate surface area is 175 Å². The number of carbonyl (C=O) groups is 2. The van der Waals surface area contributed by atoms with Gasteiger partial charge < -0.3 is 20.4 Å². The lowest BCUT2D eigenvalue weighted by Crippen LogP contribution is -2.34. The highest BCUT2D eigenvalue weighted by molar-refractivity contribution is 5.99. The van der Waals surface area contributed by atoms with Gasteiger partial charge in [0, 0.05) is 58.0 Å². The van der Waals surface area contributed by atoms with Gasteiger partial charge in [0.25, 0.3) is 5.91 Å². The van der Waals surface area contributed by atoms with Crippen molar-refractivity contribution in [2.45, 2.75) is 32.1 Å². The van der Waals surface area contributed by atoms with E-state index in [9.17, 15) is 9.59 Å². The Bertz CT molecular complexity index is 927. The maximum Gasteiger partial charge on any atom is 0.256 e. The van der Waals surface area contributed by atoms with Crippen LogP contribution in [0, 0.1) is 0 Å². The molecule has 4 rings (SSSR count). The van der Waals surface area contributed by atoms with Crippen molar-refractivity contribution >= 4 is 29.3 Å². The molecule has 2 N–H and O–H groups in total. The van der Waals surface area contributed by atoms with E-state index in [2.05, 4.69) is 30.5 Å². The molecule has 0 bridgehead atoms. The van der Waals surface area contributed by atoms with Gasteiger partial charge in [-0.3, -0.25) is 14.6 Å². The van der Waals surface area contributed by atoms with Crippen LogP contribution in [0.5, 0.6) is 0 Å². The van der Waals surface area contributed by atoms with Gasteiger partial charge in [-0.05, 0) is 31.4 Å². The highest BCUT2D eigenvalue weighted by Gasteiger charge is 2.25. The van der Waals surface area contributed by atoms with Crippen LogP contribution in [-0.4, -0.2) is 64.9 Å². The molecule has 158 valence electrons. The quantitative estimate of drug-likeness (QED) is 0.777. The van der Waals surface area contributed by atoms with Crippen LogP contribution in [0.2, 0.25) is 0 Å². The number of hydrogen-bond donors (Lipinski definition) is 2. The lowest BCUT2D eigenvalue weighted by atomic mass is 10.2. The van der Waals surface area contributed by atoms with Crippen molar-refractivity contribution in [3.63, 3.8) is 0 Å².